The molecular weight excluding hydrogens is 1720 g/mol. The molecule has 134 heavy (non-hydrogen) atoms. The highest BCUT2D eigenvalue weighted by atomic mass is 19.1. The number of piperidine rings is 1. The van der Waals surface area contributed by atoms with E-state index in [0.717, 1.165) is 158 Å². The Morgan fingerprint density at radius 3 is 1.25 bits per heavy atom. The van der Waals surface area contributed by atoms with E-state index in [4.69, 9.17) is 9.47 Å². The number of pyridine rings is 5. The molecule has 5 aliphatic rings. The maximum absolute atomic E-state index is 14.9. The highest BCUT2D eigenvalue weighted by Gasteiger charge is 2.24. The first-order valence-corrected chi connectivity index (χ1v) is 44.2. The monoisotopic (exact) mass is 1820 g/mol. The molecule has 5 aromatic carbocycles. The maximum Gasteiger partial charge on any atom is 0.269 e. The van der Waals surface area contributed by atoms with Gasteiger partial charge in [0, 0.05) is 269 Å². The van der Waals surface area contributed by atoms with Gasteiger partial charge in [-0.25, -0.2) is 42.5 Å². The van der Waals surface area contributed by atoms with E-state index in [1.54, 1.807) is 80.4 Å². The number of nitrogens with zero attached hydrogens (tertiary/aromatic N) is 17. The zero-order valence-electron chi connectivity index (χ0n) is 75.2. The molecule has 692 valence electrons. The predicted molar refractivity (Wildman–Crippen MR) is 517 cm³/mol. The molecule has 0 unspecified atom stereocenters. The molecule has 15 aromatic rings. The molecule has 5 saturated heterocycles. The van der Waals surface area contributed by atoms with E-state index in [1.165, 1.54) is 95.8 Å². The lowest BCUT2D eigenvalue weighted by atomic mass is 10.1. The summed E-state index contributed by atoms with van der Waals surface area (Å²) in [5.74, 6) is -0.848. The van der Waals surface area contributed by atoms with Crippen molar-refractivity contribution in [3.63, 3.8) is 0 Å². The van der Waals surface area contributed by atoms with Gasteiger partial charge in [-0.3, -0.25) is 56.1 Å². The first-order valence-electron chi connectivity index (χ1n) is 44.2. The van der Waals surface area contributed by atoms with Gasteiger partial charge >= 0.3 is 0 Å². The second-order valence-electron chi connectivity index (χ2n) is 33.3. The van der Waals surface area contributed by atoms with Crippen LogP contribution in [0.25, 0.3) is 84.5 Å². The number of nitro groups is 1. The lowest BCUT2D eigenvalue weighted by molar-refractivity contribution is -0.384. The van der Waals surface area contributed by atoms with E-state index in [1.807, 2.05) is 117 Å². The van der Waals surface area contributed by atoms with Crippen LogP contribution in [0, 0.1) is 33.4 Å². The van der Waals surface area contributed by atoms with E-state index >= 15 is 0 Å². The summed E-state index contributed by atoms with van der Waals surface area (Å²) in [5.41, 5.74) is 11.2. The van der Waals surface area contributed by atoms with Crippen molar-refractivity contribution in [3.8, 4) is 67.8 Å². The minimum atomic E-state index is -0.552. The number of ether oxygens (including phenoxy) is 2. The quantitative estimate of drug-likeness (QED) is 0.0297. The number of non-ortho nitro benzene ring substituents is 1. The molecule has 0 bridgehead atoms. The number of benzene rings is 5. The number of aromatic nitrogens is 10. The summed E-state index contributed by atoms with van der Waals surface area (Å²) in [4.78, 5) is 108. The van der Waals surface area contributed by atoms with Crippen molar-refractivity contribution in [3.05, 3.63) is 304 Å². The molecule has 36 heteroatoms. The Morgan fingerprint density at radius 1 is 0.396 bits per heavy atom. The van der Waals surface area contributed by atoms with E-state index in [2.05, 4.69) is 83.3 Å². The molecule has 0 spiro atoms. The fourth-order valence-electron chi connectivity index (χ4n) is 16.6. The number of anilines is 7. The lowest BCUT2D eigenvalue weighted by Gasteiger charge is -2.33. The SMILES string of the molecule is CN(C)c1ccc(-c2cc(=O)n3cc(N4CCNCC4)cc(F)c3n2)cc1.COc1ccc(-c2cc(=O)n3cc(NC4CCNCC4)cc(F)c3n2)cc1OC.C[C@@H]1CN(c2cc(F)c3nc(-c4ccc(N(C)C)cc4)cc(=O)n3c2)CCN1.O=c1cc(-c2ccc([N+](=O)[O-])cc2)nc2ccc(N3CCNCC3)cn12.O=c1cc(-c2ccccc2F)nc2ccc(N3CCNCC3)cn12. The Labute approximate surface area is 767 Å². The summed E-state index contributed by atoms with van der Waals surface area (Å²) >= 11 is 0. The number of methoxy groups -OCH3 is 2. The second-order valence-corrected chi connectivity index (χ2v) is 33.3. The summed E-state index contributed by atoms with van der Waals surface area (Å²) in [7, 11) is 10.9. The van der Waals surface area contributed by atoms with Gasteiger partial charge in [0.1, 0.15) is 17.1 Å². The van der Waals surface area contributed by atoms with Gasteiger partial charge in [-0.1, -0.05) is 36.4 Å². The number of nitrogens with one attached hydrogen (secondary N) is 6. The number of fused-ring (bicyclic) bond motifs is 5. The van der Waals surface area contributed by atoms with Gasteiger partial charge < -0.3 is 70.8 Å². The van der Waals surface area contributed by atoms with Crippen LogP contribution in [0.15, 0.2) is 243 Å². The Balaban J connectivity index is 0.000000122. The molecule has 0 aliphatic carbocycles. The van der Waals surface area contributed by atoms with Gasteiger partial charge in [0.25, 0.3) is 33.5 Å². The van der Waals surface area contributed by atoms with Crippen LogP contribution in [-0.4, -0.2) is 218 Å². The molecule has 10 aromatic heterocycles. The minimum Gasteiger partial charge on any atom is -0.493 e. The standard InChI is InChI=1S/C21H24FN5O.C21H23FN4O3.C20H22FN5O.C18H17FN4O.C18H17N5O3/c1-14-12-26(9-8-23-14)17-10-18(22)21-24-19(11-20(28)27(21)13-17)15-4-6-16(7-5-15)25(2)3;1-28-18-4-3-13(9-19(18)29-2)17-11-20(27)26-12-15(10-16(22)21(26)25-17)24-14-5-7-23-8-6-14;1-24(2)15-5-3-14(4-6-15)18-12-19(27)26-13-16(11-17(21)20(26)23-18)25-9-7-22-8-10-25;19-15-4-2-1-3-14(15)16-11-18(24)23-12-13(5-6-17(23)21-16)22-9-7-20-8-10-22;24-18-11-16(13-1-3-14(4-2-13)23(25)26)20-17-6-5-15(12-22(17)18)21-9-7-19-8-10-21/h4-7,10-11,13-14,23H,8-9,12H2,1-3H3;3-4,9-12,14,23-24H,5-8H2,1-2H3;3-6,11-13,22H,7-10H2,1-2H3;1-6,11-12,20H,7-10H2;1-6,11-12,19H,7-10H2/t14-;;;;/m1..../s1. The number of hydrogen-bond acceptors (Lipinski definition) is 26. The van der Waals surface area contributed by atoms with E-state index < -0.39 is 22.4 Å². The average molecular weight is 1820 g/mol. The third kappa shape index (κ3) is 21.4. The van der Waals surface area contributed by atoms with Crippen LogP contribution in [0.5, 0.6) is 11.5 Å². The van der Waals surface area contributed by atoms with Crippen molar-refractivity contribution in [2.24, 2.45) is 0 Å². The van der Waals surface area contributed by atoms with E-state index in [0.29, 0.717) is 91.1 Å². The normalized spacial score (nSPS) is 15.2. The first-order chi connectivity index (χ1) is 64.9. The number of halogens is 4. The highest BCUT2D eigenvalue weighted by molar-refractivity contribution is 5.71. The van der Waals surface area contributed by atoms with Crippen LogP contribution < -0.4 is 98.6 Å². The number of hydrogen-bond donors (Lipinski definition) is 6. The second kappa shape index (κ2) is 41.6. The van der Waals surface area contributed by atoms with Crippen molar-refractivity contribution >= 4 is 73.7 Å². The van der Waals surface area contributed by atoms with Crippen molar-refractivity contribution < 1.29 is 32.0 Å². The van der Waals surface area contributed by atoms with Crippen molar-refractivity contribution in [1.82, 2.24) is 73.5 Å². The van der Waals surface area contributed by atoms with Crippen molar-refractivity contribution in [2.45, 2.75) is 31.8 Å². The van der Waals surface area contributed by atoms with Crippen molar-refractivity contribution in [2.75, 3.05) is 188 Å². The summed E-state index contributed by atoms with van der Waals surface area (Å²) < 4.78 is 75.8. The third-order valence-corrected chi connectivity index (χ3v) is 23.9. The summed E-state index contributed by atoms with van der Waals surface area (Å²) in [6.45, 7) is 16.8. The van der Waals surface area contributed by atoms with Crippen LogP contribution in [-0.2, 0) is 0 Å². The minimum absolute atomic E-state index is 0.00641. The summed E-state index contributed by atoms with van der Waals surface area (Å²) in [5, 5.41) is 30.6. The van der Waals surface area contributed by atoms with Gasteiger partial charge in [-0.2, -0.15) is 0 Å². The fraction of sp³-hybridized carbons (Fsp3) is 0.286. The lowest BCUT2D eigenvalue weighted by Crippen LogP contribution is -2.49. The summed E-state index contributed by atoms with van der Waals surface area (Å²) in [6, 6.07) is 52.5. The number of rotatable bonds is 16. The molecule has 15 heterocycles. The zero-order chi connectivity index (χ0) is 93.8. The van der Waals surface area contributed by atoms with Crippen molar-refractivity contribution in [1.29, 1.82) is 0 Å². The largest absolute Gasteiger partial charge is 0.493 e. The van der Waals surface area contributed by atoms with Gasteiger partial charge in [-0.05, 0) is 124 Å². The van der Waals surface area contributed by atoms with Crippen LogP contribution >= 0.6 is 0 Å². The van der Waals surface area contributed by atoms with Crippen LogP contribution in [0.1, 0.15) is 19.8 Å². The van der Waals surface area contributed by atoms with Gasteiger partial charge in [0.15, 0.2) is 45.9 Å². The molecule has 32 nitrogen and oxygen atoms in total. The highest BCUT2D eigenvalue weighted by Crippen LogP contribution is 2.34. The molecule has 5 fully saturated rings. The Bertz CT molecular complexity index is 7100. The average Bonchev–Trinajstić information content (AvgIpc) is 0.775. The van der Waals surface area contributed by atoms with E-state index in [-0.39, 0.29) is 62.3 Å². The Kier molecular flexibility index (Phi) is 28.7. The molecule has 0 amide bonds. The van der Waals surface area contributed by atoms with Crippen LogP contribution in [0.2, 0.25) is 0 Å². The predicted octanol–water partition coefficient (Wildman–Crippen LogP) is 10.6. The molecular formula is C98H103F4N23O9. The molecule has 6 N–H and O–H groups in total. The Morgan fingerprint density at radius 2 is 0.784 bits per heavy atom. The topological polar surface area (TPSA) is 325 Å². The zero-order valence-corrected chi connectivity index (χ0v) is 75.2. The number of nitro benzene ring substituents is 1. The molecule has 20 rings (SSSR count). The van der Waals surface area contributed by atoms with Gasteiger partial charge in [-0.15, -0.1) is 0 Å². The third-order valence-electron chi connectivity index (χ3n) is 23.9. The molecule has 0 radical (unpaired) electrons. The molecule has 0 saturated carbocycles. The van der Waals surface area contributed by atoms with Crippen LogP contribution in [0.4, 0.5) is 63.1 Å². The fourth-order valence-corrected chi connectivity index (χ4v) is 16.6. The van der Waals surface area contributed by atoms with Crippen LogP contribution in [0.3, 0.4) is 0 Å². The van der Waals surface area contributed by atoms with E-state index in [9.17, 15) is 51.6 Å². The van der Waals surface area contributed by atoms with Gasteiger partial charge in [0.2, 0.25) is 0 Å². The summed E-state index contributed by atoms with van der Waals surface area (Å²) in [6.07, 6.45) is 10.5. The van der Waals surface area contributed by atoms with Gasteiger partial charge in [0.05, 0.1) is 76.0 Å². The smallest absolute Gasteiger partial charge is 0.269 e. The maximum atomic E-state index is 14.9. The number of piperazine rings is 4. The molecule has 1 atom stereocenters. The first kappa shape index (κ1) is 92.3. The molecule has 5 aliphatic heterocycles. The Hall–Kier alpha value is -15.0.